The van der Waals surface area contributed by atoms with Crippen LogP contribution in [0.4, 0.5) is 8.78 Å². The summed E-state index contributed by atoms with van der Waals surface area (Å²) in [7, 11) is 0. The average molecular weight is 154 g/mol. The Hall–Kier alpha value is -0.220. The molecule has 0 saturated carbocycles. The molecule has 0 fully saturated rings. The van der Waals surface area contributed by atoms with Gasteiger partial charge in [0.1, 0.15) is 0 Å². The molecule has 0 saturated heterocycles. The van der Waals surface area contributed by atoms with Crippen LogP contribution in [0.15, 0.2) is 0 Å². The topological polar surface area (TPSA) is 29.5 Å². The number of ether oxygens (including phenoxy) is 1. The first-order valence-electron chi connectivity index (χ1n) is 3.05. The molecule has 0 amide bonds. The van der Waals surface area contributed by atoms with Crippen LogP contribution in [0.3, 0.4) is 0 Å². The minimum Gasteiger partial charge on any atom is -0.363 e. The Morgan fingerprint density at radius 1 is 1.40 bits per heavy atom. The second kappa shape index (κ2) is 3.25. The van der Waals surface area contributed by atoms with E-state index in [0.717, 1.165) is 0 Å². The van der Waals surface area contributed by atoms with Crippen LogP contribution < -0.4 is 0 Å². The van der Waals surface area contributed by atoms with Crippen LogP contribution >= 0.6 is 0 Å². The van der Waals surface area contributed by atoms with Gasteiger partial charge in [0.05, 0.1) is 6.10 Å². The Bertz CT molecular complexity index is 98.4. The first-order valence-corrected chi connectivity index (χ1v) is 3.05. The molecule has 0 rings (SSSR count). The molecule has 1 atom stereocenters. The SMILES string of the molecule is CC(C)OC(O)C(C)(F)F. The highest BCUT2D eigenvalue weighted by atomic mass is 19.3. The summed E-state index contributed by atoms with van der Waals surface area (Å²) in [6.07, 6.45) is -2.38. The minimum atomic E-state index is -3.18. The van der Waals surface area contributed by atoms with E-state index < -0.39 is 12.2 Å². The Balaban J connectivity index is 3.73. The predicted octanol–water partition coefficient (Wildman–Crippen LogP) is 1.39. The molecule has 0 aliphatic heterocycles. The maximum atomic E-state index is 12.1. The van der Waals surface area contributed by atoms with Gasteiger partial charge < -0.3 is 9.84 Å². The molecule has 2 nitrogen and oxygen atoms in total. The van der Waals surface area contributed by atoms with Gasteiger partial charge in [0.15, 0.2) is 0 Å². The van der Waals surface area contributed by atoms with Crippen molar-refractivity contribution in [2.75, 3.05) is 0 Å². The van der Waals surface area contributed by atoms with Gasteiger partial charge in [-0.2, -0.15) is 0 Å². The van der Waals surface area contributed by atoms with Crippen LogP contribution in [-0.2, 0) is 4.74 Å². The van der Waals surface area contributed by atoms with Crippen LogP contribution in [0.5, 0.6) is 0 Å². The fourth-order valence-electron chi connectivity index (χ4n) is 0.377. The lowest BCUT2D eigenvalue weighted by atomic mass is 10.3. The largest absolute Gasteiger partial charge is 0.363 e. The number of aliphatic hydroxyl groups is 1. The summed E-state index contributed by atoms with van der Waals surface area (Å²) in [4.78, 5) is 0. The van der Waals surface area contributed by atoms with Gasteiger partial charge in [0.2, 0.25) is 6.29 Å². The van der Waals surface area contributed by atoms with Gasteiger partial charge in [0, 0.05) is 6.92 Å². The fraction of sp³-hybridized carbons (Fsp3) is 1.00. The average Bonchev–Trinajstić information content (AvgIpc) is 1.60. The number of hydrogen-bond donors (Lipinski definition) is 1. The number of aliphatic hydroxyl groups excluding tert-OH is 1. The van der Waals surface area contributed by atoms with Gasteiger partial charge in [-0.3, -0.25) is 0 Å². The molecule has 1 N–H and O–H groups in total. The minimum absolute atomic E-state index is 0.388. The summed E-state index contributed by atoms with van der Waals surface area (Å²) < 4.78 is 28.6. The van der Waals surface area contributed by atoms with Crippen molar-refractivity contribution in [1.82, 2.24) is 0 Å². The van der Waals surface area contributed by atoms with E-state index in [4.69, 9.17) is 5.11 Å². The van der Waals surface area contributed by atoms with E-state index in [1.54, 1.807) is 13.8 Å². The van der Waals surface area contributed by atoms with E-state index in [-0.39, 0.29) is 6.10 Å². The molecule has 0 aliphatic carbocycles. The van der Waals surface area contributed by atoms with Crippen LogP contribution in [-0.4, -0.2) is 23.4 Å². The fourth-order valence-corrected chi connectivity index (χ4v) is 0.377. The Morgan fingerprint density at radius 3 is 1.90 bits per heavy atom. The second-order valence-corrected chi connectivity index (χ2v) is 2.49. The van der Waals surface area contributed by atoms with E-state index in [9.17, 15) is 8.78 Å². The molecule has 10 heavy (non-hydrogen) atoms. The third-order valence-corrected chi connectivity index (χ3v) is 0.835. The lowest BCUT2D eigenvalue weighted by Gasteiger charge is -2.20. The van der Waals surface area contributed by atoms with Gasteiger partial charge >= 0.3 is 0 Å². The summed E-state index contributed by atoms with van der Waals surface area (Å²) in [5.74, 6) is -3.18. The van der Waals surface area contributed by atoms with Gasteiger partial charge in [-0.1, -0.05) is 0 Å². The summed E-state index contributed by atoms with van der Waals surface area (Å²) >= 11 is 0. The van der Waals surface area contributed by atoms with Crippen molar-refractivity contribution in [1.29, 1.82) is 0 Å². The molecule has 0 spiro atoms. The number of alkyl halides is 2. The van der Waals surface area contributed by atoms with Crippen molar-refractivity contribution in [3.05, 3.63) is 0 Å². The molecule has 0 heterocycles. The van der Waals surface area contributed by atoms with Crippen molar-refractivity contribution in [3.8, 4) is 0 Å². The molecule has 0 aliphatic rings. The highest BCUT2D eigenvalue weighted by molar-refractivity contribution is 4.61. The second-order valence-electron chi connectivity index (χ2n) is 2.49. The summed E-state index contributed by atoms with van der Waals surface area (Å²) in [6.45, 7) is 3.77. The molecule has 4 heteroatoms. The summed E-state index contributed by atoms with van der Waals surface area (Å²) in [5, 5.41) is 8.58. The highest BCUT2D eigenvalue weighted by Gasteiger charge is 2.33. The van der Waals surface area contributed by atoms with Gasteiger partial charge in [-0.15, -0.1) is 0 Å². The summed E-state index contributed by atoms with van der Waals surface area (Å²) in [6, 6.07) is 0. The van der Waals surface area contributed by atoms with E-state index in [1.807, 2.05) is 0 Å². The Kier molecular flexibility index (Phi) is 3.18. The van der Waals surface area contributed by atoms with Crippen LogP contribution in [0.2, 0.25) is 0 Å². The highest BCUT2D eigenvalue weighted by Crippen LogP contribution is 2.18. The third-order valence-electron chi connectivity index (χ3n) is 0.835. The zero-order valence-corrected chi connectivity index (χ0v) is 6.27. The van der Waals surface area contributed by atoms with E-state index in [1.165, 1.54) is 0 Å². The molecule has 62 valence electrons. The normalized spacial score (nSPS) is 15.9. The maximum absolute atomic E-state index is 12.1. The lowest BCUT2D eigenvalue weighted by molar-refractivity contribution is -0.239. The predicted molar refractivity (Wildman–Crippen MR) is 32.8 cm³/mol. The van der Waals surface area contributed by atoms with Crippen LogP contribution in [0.25, 0.3) is 0 Å². The zero-order chi connectivity index (χ0) is 8.36. The monoisotopic (exact) mass is 154 g/mol. The van der Waals surface area contributed by atoms with Crippen molar-refractivity contribution in [2.24, 2.45) is 0 Å². The lowest BCUT2D eigenvalue weighted by Crippen LogP contribution is -2.34. The standard InChI is InChI=1S/C6H12F2O2/c1-4(2)10-5(9)6(3,7)8/h4-5,9H,1-3H3. The van der Waals surface area contributed by atoms with E-state index >= 15 is 0 Å². The molecule has 0 radical (unpaired) electrons. The number of hydrogen-bond acceptors (Lipinski definition) is 2. The van der Waals surface area contributed by atoms with E-state index in [0.29, 0.717) is 6.92 Å². The zero-order valence-electron chi connectivity index (χ0n) is 6.27. The van der Waals surface area contributed by atoms with Crippen molar-refractivity contribution >= 4 is 0 Å². The van der Waals surface area contributed by atoms with Crippen molar-refractivity contribution in [2.45, 2.75) is 39.1 Å². The summed E-state index contributed by atoms with van der Waals surface area (Å²) in [5.41, 5.74) is 0. The first-order chi connectivity index (χ1) is 4.34. The van der Waals surface area contributed by atoms with E-state index in [2.05, 4.69) is 4.74 Å². The Labute approximate surface area is 58.8 Å². The molecule has 0 bridgehead atoms. The van der Waals surface area contributed by atoms with Crippen LogP contribution in [0.1, 0.15) is 20.8 Å². The van der Waals surface area contributed by atoms with Gasteiger partial charge in [-0.05, 0) is 13.8 Å². The first kappa shape index (κ1) is 9.78. The van der Waals surface area contributed by atoms with Crippen LogP contribution in [0, 0.1) is 0 Å². The number of rotatable bonds is 3. The third kappa shape index (κ3) is 3.74. The van der Waals surface area contributed by atoms with Crippen molar-refractivity contribution in [3.63, 3.8) is 0 Å². The van der Waals surface area contributed by atoms with Crippen molar-refractivity contribution < 1.29 is 18.6 Å². The molecular weight excluding hydrogens is 142 g/mol. The molecule has 0 aromatic carbocycles. The molecular formula is C6H12F2O2. The maximum Gasteiger partial charge on any atom is 0.295 e. The molecule has 0 aromatic rings. The molecule has 1 unspecified atom stereocenters. The van der Waals surface area contributed by atoms with Gasteiger partial charge in [0.25, 0.3) is 5.92 Å². The van der Waals surface area contributed by atoms with Gasteiger partial charge in [-0.25, -0.2) is 8.78 Å². The quantitative estimate of drug-likeness (QED) is 0.622. The Morgan fingerprint density at radius 2 is 1.80 bits per heavy atom. The smallest absolute Gasteiger partial charge is 0.295 e. The number of halogens is 2. The molecule has 0 aromatic heterocycles.